The Morgan fingerprint density at radius 3 is 2.81 bits per heavy atom. The third-order valence-corrected chi connectivity index (χ3v) is 3.61. The van der Waals surface area contributed by atoms with Crippen LogP contribution in [0.5, 0.6) is 5.88 Å². The van der Waals surface area contributed by atoms with Gasteiger partial charge in [-0.2, -0.15) is 4.98 Å². The van der Waals surface area contributed by atoms with Gasteiger partial charge in [-0.25, -0.2) is 4.39 Å². The van der Waals surface area contributed by atoms with E-state index in [-0.39, 0.29) is 17.2 Å². The molecule has 1 aliphatic carbocycles. The summed E-state index contributed by atoms with van der Waals surface area (Å²) in [5.41, 5.74) is -0.261. The summed E-state index contributed by atoms with van der Waals surface area (Å²) in [6.07, 6.45) is 1.69. The maximum Gasteiger partial charge on any atom is 0.262 e. The first-order chi connectivity index (χ1) is 10.1. The number of methoxy groups -OCH3 is 1. The number of halogens is 1. The van der Waals surface area contributed by atoms with Crippen molar-refractivity contribution in [3.05, 3.63) is 46.3 Å². The molecule has 1 heterocycles. The summed E-state index contributed by atoms with van der Waals surface area (Å²) in [7, 11) is 1.54. The molecule has 5 nitrogen and oxygen atoms in total. The fourth-order valence-corrected chi connectivity index (χ4v) is 2.44. The Kier molecular flexibility index (Phi) is 3.47. The average Bonchev–Trinajstić information content (AvgIpc) is 3.23. The minimum absolute atomic E-state index is 0.0381. The van der Waals surface area contributed by atoms with E-state index in [0.717, 1.165) is 12.8 Å². The smallest absolute Gasteiger partial charge is 0.262 e. The van der Waals surface area contributed by atoms with Crippen LogP contribution in [0.25, 0.3) is 11.1 Å². The Hall–Kier alpha value is -2.21. The van der Waals surface area contributed by atoms with Crippen molar-refractivity contribution in [3.63, 3.8) is 0 Å². The molecule has 0 aliphatic heterocycles. The lowest BCUT2D eigenvalue weighted by Crippen LogP contribution is -2.18. The van der Waals surface area contributed by atoms with E-state index in [9.17, 15) is 14.3 Å². The molecule has 1 fully saturated rings. The maximum atomic E-state index is 13.3. The Morgan fingerprint density at radius 1 is 1.48 bits per heavy atom. The first-order valence-electron chi connectivity index (χ1n) is 6.72. The van der Waals surface area contributed by atoms with Crippen LogP contribution in [0.4, 0.5) is 4.39 Å². The fraction of sp³-hybridized carbons (Fsp3) is 0.333. The van der Waals surface area contributed by atoms with Gasteiger partial charge in [0.05, 0.1) is 0 Å². The van der Waals surface area contributed by atoms with Gasteiger partial charge in [0.15, 0.2) is 0 Å². The number of hydrogen-bond donors (Lipinski definition) is 2. The van der Waals surface area contributed by atoms with Crippen molar-refractivity contribution < 1.29 is 14.2 Å². The van der Waals surface area contributed by atoms with E-state index in [4.69, 9.17) is 4.74 Å². The maximum absolute atomic E-state index is 13.3. The predicted octanol–water partition coefficient (Wildman–Crippen LogP) is 2.38. The van der Waals surface area contributed by atoms with Gasteiger partial charge in [0.25, 0.3) is 5.56 Å². The number of nitrogens with one attached hydrogen (secondary N) is 1. The molecular weight excluding hydrogens is 275 g/mol. The molecule has 0 spiro atoms. The highest BCUT2D eigenvalue weighted by Gasteiger charge is 2.34. The summed E-state index contributed by atoms with van der Waals surface area (Å²) in [6, 6.07) is 5.47. The minimum Gasteiger partial charge on any atom is -0.493 e. The molecule has 1 saturated carbocycles. The molecule has 2 N–H and O–H groups in total. The van der Waals surface area contributed by atoms with E-state index in [1.807, 2.05) is 0 Å². The number of aromatic nitrogens is 2. The number of nitrogens with zero attached hydrogens (tertiary/aromatic N) is 1. The van der Waals surface area contributed by atoms with Crippen LogP contribution in [0.1, 0.15) is 24.8 Å². The van der Waals surface area contributed by atoms with E-state index in [1.165, 1.54) is 18.2 Å². The molecule has 1 unspecified atom stereocenters. The molecule has 2 aromatic rings. The van der Waals surface area contributed by atoms with Gasteiger partial charge in [-0.05, 0) is 36.5 Å². The monoisotopic (exact) mass is 290 g/mol. The van der Waals surface area contributed by atoms with Crippen LogP contribution in [0.2, 0.25) is 0 Å². The molecule has 1 atom stereocenters. The number of rotatable bonds is 4. The van der Waals surface area contributed by atoms with Crippen molar-refractivity contribution >= 4 is 0 Å². The highest BCUT2D eigenvalue weighted by Crippen LogP contribution is 2.42. The van der Waals surface area contributed by atoms with Crippen LogP contribution >= 0.6 is 0 Å². The second kappa shape index (κ2) is 5.29. The number of ether oxygens (including phenoxy) is 1. The number of aromatic amines is 1. The quantitative estimate of drug-likeness (QED) is 0.906. The van der Waals surface area contributed by atoms with Gasteiger partial charge >= 0.3 is 0 Å². The van der Waals surface area contributed by atoms with Crippen LogP contribution in [0.15, 0.2) is 29.1 Å². The van der Waals surface area contributed by atoms with Crippen molar-refractivity contribution in [1.29, 1.82) is 0 Å². The van der Waals surface area contributed by atoms with Crippen LogP contribution in [-0.4, -0.2) is 22.2 Å². The number of benzene rings is 1. The predicted molar refractivity (Wildman–Crippen MR) is 74.4 cm³/mol. The summed E-state index contributed by atoms with van der Waals surface area (Å²) < 4.78 is 18.6. The fourth-order valence-electron chi connectivity index (χ4n) is 2.44. The third-order valence-electron chi connectivity index (χ3n) is 3.61. The second-order valence-electron chi connectivity index (χ2n) is 5.15. The second-order valence-corrected chi connectivity index (χ2v) is 5.15. The molecule has 3 rings (SSSR count). The molecule has 1 aromatic heterocycles. The summed E-state index contributed by atoms with van der Waals surface area (Å²) in [5.74, 6) is -0.273. The van der Waals surface area contributed by atoms with Crippen molar-refractivity contribution in [2.75, 3.05) is 7.11 Å². The zero-order valence-corrected chi connectivity index (χ0v) is 11.5. The highest BCUT2D eigenvalue weighted by atomic mass is 19.1. The van der Waals surface area contributed by atoms with Gasteiger partial charge in [-0.15, -0.1) is 0 Å². The summed E-state index contributed by atoms with van der Waals surface area (Å²) in [4.78, 5) is 18.9. The Balaban J connectivity index is 2.06. The summed E-state index contributed by atoms with van der Waals surface area (Å²) in [6.45, 7) is 0. The molecule has 0 bridgehead atoms. The molecular formula is C15H15FN2O3. The largest absolute Gasteiger partial charge is 0.493 e. The van der Waals surface area contributed by atoms with Gasteiger partial charge in [0.1, 0.15) is 23.3 Å². The van der Waals surface area contributed by atoms with E-state index >= 15 is 0 Å². The number of H-pyrrole nitrogens is 1. The van der Waals surface area contributed by atoms with Crippen LogP contribution in [0.3, 0.4) is 0 Å². The average molecular weight is 290 g/mol. The molecule has 1 aliphatic rings. The lowest BCUT2D eigenvalue weighted by atomic mass is 10.1. The SMILES string of the molecule is COC(c1nc(O)c(-c2cccc(F)c2)c(=O)[nH]1)C1CC1. The first kappa shape index (κ1) is 13.8. The summed E-state index contributed by atoms with van der Waals surface area (Å²) >= 11 is 0. The van der Waals surface area contributed by atoms with Gasteiger partial charge in [0.2, 0.25) is 5.88 Å². The normalized spacial score (nSPS) is 15.9. The van der Waals surface area contributed by atoms with Gasteiger partial charge in [0, 0.05) is 7.11 Å². The Bertz CT molecular complexity index is 725. The number of hydrogen-bond acceptors (Lipinski definition) is 4. The lowest BCUT2D eigenvalue weighted by Gasteiger charge is -2.14. The van der Waals surface area contributed by atoms with Crippen molar-refractivity contribution in [2.45, 2.75) is 18.9 Å². The summed E-state index contributed by atoms with van der Waals surface area (Å²) in [5, 5.41) is 10.1. The van der Waals surface area contributed by atoms with Crippen molar-refractivity contribution in [2.24, 2.45) is 5.92 Å². The third kappa shape index (κ3) is 2.67. The van der Waals surface area contributed by atoms with Crippen LogP contribution < -0.4 is 5.56 Å². The zero-order chi connectivity index (χ0) is 15.0. The van der Waals surface area contributed by atoms with Crippen molar-refractivity contribution in [1.82, 2.24) is 9.97 Å². The van der Waals surface area contributed by atoms with E-state index in [2.05, 4.69) is 9.97 Å². The van der Waals surface area contributed by atoms with Gasteiger partial charge in [-0.1, -0.05) is 12.1 Å². The van der Waals surface area contributed by atoms with Gasteiger partial charge in [-0.3, -0.25) is 4.79 Å². The van der Waals surface area contributed by atoms with Gasteiger partial charge < -0.3 is 14.8 Å². The molecule has 0 saturated heterocycles. The van der Waals surface area contributed by atoms with E-state index in [1.54, 1.807) is 13.2 Å². The Labute approximate surface area is 120 Å². The topological polar surface area (TPSA) is 75.2 Å². The number of aromatic hydroxyl groups is 1. The van der Waals surface area contributed by atoms with E-state index in [0.29, 0.717) is 11.7 Å². The molecule has 0 amide bonds. The lowest BCUT2D eigenvalue weighted by molar-refractivity contribution is 0.0764. The molecule has 1 aromatic carbocycles. The molecule has 21 heavy (non-hydrogen) atoms. The Morgan fingerprint density at radius 2 is 2.24 bits per heavy atom. The molecule has 6 heteroatoms. The standard InChI is InChI=1S/C15H15FN2O3/c1-21-12(8-5-6-8)13-17-14(19)11(15(20)18-13)9-3-2-4-10(16)7-9/h2-4,7-8,12H,5-6H2,1H3,(H2,17,18,19,20). The highest BCUT2D eigenvalue weighted by molar-refractivity contribution is 5.67. The van der Waals surface area contributed by atoms with E-state index < -0.39 is 17.3 Å². The zero-order valence-electron chi connectivity index (χ0n) is 11.5. The van der Waals surface area contributed by atoms with Crippen LogP contribution in [-0.2, 0) is 4.74 Å². The van der Waals surface area contributed by atoms with Crippen molar-refractivity contribution in [3.8, 4) is 17.0 Å². The molecule has 110 valence electrons. The first-order valence-corrected chi connectivity index (χ1v) is 6.72. The van der Waals surface area contributed by atoms with Crippen LogP contribution in [0, 0.1) is 11.7 Å². The minimum atomic E-state index is -0.509. The molecule has 0 radical (unpaired) electrons.